The molecule has 5 heteroatoms. The van der Waals surface area contributed by atoms with Gasteiger partial charge in [0.15, 0.2) is 0 Å². The van der Waals surface area contributed by atoms with E-state index < -0.39 is 9.26 Å². The van der Waals surface area contributed by atoms with Crippen molar-refractivity contribution in [2.45, 2.75) is 11.3 Å². The lowest BCUT2D eigenvalue weighted by molar-refractivity contribution is -0.384. The van der Waals surface area contributed by atoms with Crippen molar-refractivity contribution in [2.75, 3.05) is 0 Å². The molecule has 0 N–H and O–H groups in total. The van der Waals surface area contributed by atoms with E-state index >= 15 is 0 Å². The maximum atomic E-state index is 10.4. The molecule has 13 heavy (non-hydrogen) atoms. The van der Waals surface area contributed by atoms with E-state index in [-0.39, 0.29) is 5.69 Å². The average molecular weight is 220 g/mol. The summed E-state index contributed by atoms with van der Waals surface area (Å²) >= 11 is 11.6. The number of rotatable bonds is 2. The molecule has 0 amide bonds. The summed E-state index contributed by atoms with van der Waals surface area (Å²) in [6.45, 7) is 1.56. The molecular weight excluding hydrogens is 213 g/mol. The van der Waals surface area contributed by atoms with Crippen LogP contribution in [0.5, 0.6) is 0 Å². The minimum absolute atomic E-state index is 0.00924. The molecular formula is C8H7Cl2NO2. The Morgan fingerprint density at radius 3 is 2.54 bits per heavy atom. The SMILES string of the molecule is CC(Cl)(Cl)c1cccc([N+](=O)[O-])c1. The van der Waals surface area contributed by atoms with Gasteiger partial charge in [0, 0.05) is 12.1 Å². The van der Waals surface area contributed by atoms with Crippen molar-refractivity contribution >= 4 is 28.9 Å². The van der Waals surface area contributed by atoms with E-state index in [1.54, 1.807) is 19.1 Å². The van der Waals surface area contributed by atoms with E-state index in [9.17, 15) is 10.1 Å². The highest BCUT2D eigenvalue weighted by atomic mass is 35.5. The number of nitro groups is 1. The fourth-order valence-electron chi connectivity index (χ4n) is 0.893. The number of nitro benzene ring substituents is 1. The molecule has 0 aliphatic heterocycles. The third kappa shape index (κ3) is 2.57. The van der Waals surface area contributed by atoms with Gasteiger partial charge in [-0.25, -0.2) is 0 Å². The number of hydrogen-bond acceptors (Lipinski definition) is 2. The van der Waals surface area contributed by atoms with Crippen LogP contribution in [0, 0.1) is 10.1 Å². The molecule has 0 radical (unpaired) electrons. The molecule has 0 saturated heterocycles. The van der Waals surface area contributed by atoms with Crippen molar-refractivity contribution in [2.24, 2.45) is 0 Å². The molecule has 0 aliphatic carbocycles. The highest BCUT2D eigenvalue weighted by Gasteiger charge is 2.21. The van der Waals surface area contributed by atoms with Gasteiger partial charge < -0.3 is 0 Å². The lowest BCUT2D eigenvalue weighted by atomic mass is 10.1. The zero-order valence-electron chi connectivity index (χ0n) is 6.83. The second kappa shape index (κ2) is 3.52. The van der Waals surface area contributed by atoms with Crippen LogP contribution in [0.25, 0.3) is 0 Å². The Kier molecular flexibility index (Phi) is 2.78. The van der Waals surface area contributed by atoms with Gasteiger partial charge in [0.1, 0.15) is 4.33 Å². The highest BCUT2D eigenvalue weighted by Crippen LogP contribution is 2.34. The average Bonchev–Trinajstić information content (AvgIpc) is 2.03. The summed E-state index contributed by atoms with van der Waals surface area (Å²) in [4.78, 5) is 9.92. The number of hydrogen-bond donors (Lipinski definition) is 0. The third-order valence-corrected chi connectivity index (χ3v) is 2.00. The molecule has 1 aromatic rings. The normalized spacial score (nSPS) is 11.3. The van der Waals surface area contributed by atoms with Crippen molar-refractivity contribution < 1.29 is 4.92 Å². The third-order valence-electron chi connectivity index (χ3n) is 1.56. The summed E-state index contributed by atoms with van der Waals surface area (Å²) in [7, 11) is 0. The van der Waals surface area contributed by atoms with E-state index in [2.05, 4.69) is 0 Å². The van der Waals surface area contributed by atoms with E-state index in [0.717, 1.165) is 0 Å². The maximum Gasteiger partial charge on any atom is 0.269 e. The molecule has 70 valence electrons. The summed E-state index contributed by atoms with van der Waals surface area (Å²) in [6, 6.07) is 5.95. The quantitative estimate of drug-likeness (QED) is 0.436. The predicted molar refractivity (Wildman–Crippen MR) is 52.2 cm³/mol. The first-order valence-corrected chi connectivity index (χ1v) is 4.29. The van der Waals surface area contributed by atoms with Gasteiger partial charge in [-0.3, -0.25) is 10.1 Å². The van der Waals surface area contributed by atoms with Gasteiger partial charge in [-0.1, -0.05) is 35.3 Å². The number of halogens is 2. The van der Waals surface area contributed by atoms with Gasteiger partial charge in [-0.2, -0.15) is 0 Å². The topological polar surface area (TPSA) is 43.1 Å². The summed E-state index contributed by atoms with van der Waals surface area (Å²) in [5.74, 6) is 0. The molecule has 0 bridgehead atoms. The Morgan fingerprint density at radius 2 is 2.08 bits per heavy atom. The van der Waals surface area contributed by atoms with Crippen LogP contribution in [0.2, 0.25) is 0 Å². The zero-order valence-corrected chi connectivity index (χ0v) is 8.34. The van der Waals surface area contributed by atoms with Gasteiger partial charge >= 0.3 is 0 Å². The van der Waals surface area contributed by atoms with Crippen molar-refractivity contribution in [1.29, 1.82) is 0 Å². The Hall–Kier alpha value is -0.800. The molecule has 0 unspecified atom stereocenters. The molecule has 0 spiro atoms. The fraction of sp³-hybridized carbons (Fsp3) is 0.250. The lowest BCUT2D eigenvalue weighted by Crippen LogP contribution is -2.03. The molecule has 0 fully saturated rings. The number of benzene rings is 1. The maximum absolute atomic E-state index is 10.4. The second-order valence-corrected chi connectivity index (χ2v) is 4.40. The lowest BCUT2D eigenvalue weighted by Gasteiger charge is -2.12. The standard InChI is InChI=1S/C8H7Cl2NO2/c1-8(9,10)6-3-2-4-7(5-6)11(12)13/h2-5H,1H3. The number of non-ortho nitro benzene ring substituents is 1. The molecule has 0 aliphatic rings. The molecule has 1 aromatic carbocycles. The Bertz CT molecular complexity index is 333. The largest absolute Gasteiger partial charge is 0.269 e. The summed E-state index contributed by atoms with van der Waals surface area (Å²) in [5.41, 5.74) is 0.509. The summed E-state index contributed by atoms with van der Waals surface area (Å²) in [5, 5.41) is 10.4. The van der Waals surface area contributed by atoms with Crippen LogP contribution in [0.1, 0.15) is 12.5 Å². The first kappa shape index (κ1) is 10.3. The van der Waals surface area contributed by atoms with Crippen LogP contribution >= 0.6 is 23.2 Å². The zero-order chi connectivity index (χ0) is 10.1. The first-order chi connectivity index (χ1) is 5.91. The molecule has 0 aromatic heterocycles. The number of nitrogens with zero attached hydrogens (tertiary/aromatic N) is 1. The molecule has 3 nitrogen and oxygen atoms in total. The molecule has 0 heterocycles. The van der Waals surface area contributed by atoms with Crippen LogP contribution in [0.15, 0.2) is 24.3 Å². The summed E-state index contributed by atoms with van der Waals surface area (Å²) in [6.07, 6.45) is 0. The Morgan fingerprint density at radius 1 is 1.46 bits per heavy atom. The predicted octanol–water partition coefficient (Wildman–Crippen LogP) is 3.25. The van der Waals surface area contributed by atoms with Crippen LogP contribution in [-0.2, 0) is 4.33 Å². The van der Waals surface area contributed by atoms with Crippen molar-refractivity contribution in [1.82, 2.24) is 0 Å². The smallest absolute Gasteiger partial charge is 0.258 e. The Labute approximate surface area is 85.4 Å². The summed E-state index contributed by atoms with van der Waals surface area (Å²) < 4.78 is -1.09. The van der Waals surface area contributed by atoms with Crippen LogP contribution in [0.3, 0.4) is 0 Å². The van der Waals surface area contributed by atoms with Gasteiger partial charge in [0.05, 0.1) is 4.92 Å². The van der Waals surface area contributed by atoms with Crippen LogP contribution in [0.4, 0.5) is 5.69 Å². The molecule has 0 saturated carbocycles. The van der Waals surface area contributed by atoms with E-state index in [1.807, 2.05) is 0 Å². The van der Waals surface area contributed by atoms with E-state index in [0.29, 0.717) is 5.56 Å². The monoisotopic (exact) mass is 219 g/mol. The van der Waals surface area contributed by atoms with Crippen molar-refractivity contribution in [3.63, 3.8) is 0 Å². The first-order valence-electron chi connectivity index (χ1n) is 3.54. The van der Waals surface area contributed by atoms with Crippen LogP contribution in [-0.4, -0.2) is 4.92 Å². The number of alkyl halides is 2. The Balaban J connectivity index is 3.13. The van der Waals surface area contributed by atoms with Crippen LogP contribution < -0.4 is 0 Å². The minimum atomic E-state index is -1.09. The van der Waals surface area contributed by atoms with Gasteiger partial charge in [0.2, 0.25) is 0 Å². The fourth-order valence-corrected chi connectivity index (χ4v) is 1.13. The van der Waals surface area contributed by atoms with Crippen molar-refractivity contribution in [3.05, 3.63) is 39.9 Å². The molecule has 1 rings (SSSR count). The van der Waals surface area contributed by atoms with Crippen molar-refractivity contribution in [3.8, 4) is 0 Å². The van der Waals surface area contributed by atoms with Gasteiger partial charge in [-0.05, 0) is 12.5 Å². The minimum Gasteiger partial charge on any atom is -0.258 e. The van der Waals surface area contributed by atoms with E-state index in [1.165, 1.54) is 12.1 Å². The molecule has 0 atom stereocenters. The van der Waals surface area contributed by atoms with Gasteiger partial charge in [-0.15, -0.1) is 0 Å². The van der Waals surface area contributed by atoms with Gasteiger partial charge in [0.25, 0.3) is 5.69 Å². The highest BCUT2D eigenvalue weighted by molar-refractivity contribution is 6.47. The van der Waals surface area contributed by atoms with E-state index in [4.69, 9.17) is 23.2 Å². The second-order valence-electron chi connectivity index (χ2n) is 2.70.